The average Bonchev–Trinajstić information content (AvgIpc) is 3.19. The van der Waals surface area contributed by atoms with Crippen molar-refractivity contribution in [2.45, 2.75) is 37.2 Å². The normalized spacial score (nSPS) is 15.1. The Hall–Kier alpha value is -1.79. The van der Waals surface area contributed by atoms with E-state index in [-0.39, 0.29) is 4.90 Å². The Morgan fingerprint density at radius 1 is 1.29 bits per heavy atom. The number of aromatic nitrogens is 1. The van der Waals surface area contributed by atoms with Crippen molar-refractivity contribution >= 4 is 15.7 Å². The Balaban J connectivity index is 1.89. The summed E-state index contributed by atoms with van der Waals surface area (Å²) >= 11 is 0. The highest BCUT2D eigenvalue weighted by atomic mass is 32.2. The number of benzene rings is 1. The predicted molar refractivity (Wildman–Crippen MR) is 82.6 cm³/mol. The highest BCUT2D eigenvalue weighted by Gasteiger charge is 2.27. The van der Waals surface area contributed by atoms with Crippen molar-refractivity contribution in [3.63, 3.8) is 0 Å². The van der Waals surface area contributed by atoms with Crippen molar-refractivity contribution in [2.75, 3.05) is 4.72 Å². The molecule has 1 aromatic carbocycles. The first-order chi connectivity index (χ1) is 9.99. The zero-order valence-corrected chi connectivity index (χ0v) is 12.7. The molecule has 1 aliphatic rings. The van der Waals surface area contributed by atoms with Gasteiger partial charge in [-0.25, -0.2) is 8.42 Å². The summed E-state index contributed by atoms with van der Waals surface area (Å²) in [6.45, 7) is 2.30. The second-order valence-electron chi connectivity index (χ2n) is 5.48. The second-order valence-corrected chi connectivity index (χ2v) is 7.16. The summed E-state index contributed by atoms with van der Waals surface area (Å²) in [5.74, 6) is 0. The number of nitrogens with one attached hydrogen (secondary N) is 1. The van der Waals surface area contributed by atoms with Gasteiger partial charge in [0.1, 0.15) is 4.90 Å². The highest BCUT2D eigenvalue weighted by Crippen LogP contribution is 2.37. The van der Waals surface area contributed by atoms with E-state index in [1.807, 2.05) is 23.6 Å². The van der Waals surface area contributed by atoms with E-state index >= 15 is 0 Å². The van der Waals surface area contributed by atoms with Crippen molar-refractivity contribution in [2.24, 2.45) is 5.73 Å². The molecule has 0 saturated heterocycles. The lowest BCUT2D eigenvalue weighted by Gasteiger charge is -2.06. The Labute approximate surface area is 124 Å². The lowest BCUT2D eigenvalue weighted by atomic mass is 10.2. The standard InChI is InChI=1S/C15H19N3O2S/c1-11-2-4-12(5-3-11)17-21(19,20)15-8-14(9-16)18(10-15)13-6-7-13/h2-5,8,10,13,17H,6-7,9,16H2,1H3. The molecule has 0 spiro atoms. The maximum Gasteiger partial charge on any atom is 0.263 e. The first-order valence-corrected chi connectivity index (χ1v) is 8.48. The number of anilines is 1. The van der Waals surface area contributed by atoms with Gasteiger partial charge in [-0.2, -0.15) is 0 Å². The second kappa shape index (κ2) is 5.20. The predicted octanol–water partition coefficient (Wildman–Crippen LogP) is 2.39. The number of rotatable bonds is 5. The van der Waals surface area contributed by atoms with E-state index in [4.69, 9.17) is 5.73 Å². The molecule has 0 bridgehead atoms. The van der Waals surface area contributed by atoms with Crippen LogP contribution in [0.4, 0.5) is 5.69 Å². The van der Waals surface area contributed by atoms with Gasteiger partial charge in [0.25, 0.3) is 10.0 Å². The SMILES string of the molecule is Cc1ccc(NS(=O)(=O)c2cc(CN)n(C3CC3)c2)cc1. The quantitative estimate of drug-likeness (QED) is 0.890. The van der Waals surface area contributed by atoms with Crippen LogP contribution < -0.4 is 10.5 Å². The minimum Gasteiger partial charge on any atom is -0.346 e. The fraction of sp³-hybridized carbons (Fsp3) is 0.333. The fourth-order valence-corrected chi connectivity index (χ4v) is 3.44. The van der Waals surface area contributed by atoms with Crippen LogP contribution in [0.1, 0.15) is 30.1 Å². The summed E-state index contributed by atoms with van der Waals surface area (Å²) in [6, 6.07) is 9.33. The third-order valence-corrected chi connectivity index (χ3v) is 5.02. The van der Waals surface area contributed by atoms with E-state index in [1.165, 1.54) is 0 Å². The van der Waals surface area contributed by atoms with Gasteiger partial charge in [0, 0.05) is 30.2 Å². The number of sulfonamides is 1. The number of hydrogen-bond acceptors (Lipinski definition) is 3. The number of aryl methyl sites for hydroxylation is 1. The number of hydrogen-bond donors (Lipinski definition) is 2. The van der Waals surface area contributed by atoms with Crippen molar-refractivity contribution in [3.05, 3.63) is 47.8 Å². The topological polar surface area (TPSA) is 77.1 Å². The van der Waals surface area contributed by atoms with Gasteiger partial charge in [-0.3, -0.25) is 4.72 Å². The van der Waals surface area contributed by atoms with Crippen molar-refractivity contribution in [1.82, 2.24) is 4.57 Å². The fourth-order valence-electron chi connectivity index (χ4n) is 2.34. The molecular weight excluding hydrogens is 286 g/mol. The van der Waals surface area contributed by atoms with Crippen LogP contribution in [0, 0.1) is 6.92 Å². The number of nitrogens with zero attached hydrogens (tertiary/aromatic N) is 1. The molecular formula is C15H19N3O2S. The van der Waals surface area contributed by atoms with Gasteiger partial charge in [0.15, 0.2) is 0 Å². The lowest BCUT2D eigenvalue weighted by molar-refractivity contribution is 0.600. The van der Waals surface area contributed by atoms with Crippen molar-refractivity contribution in [3.8, 4) is 0 Å². The molecule has 1 aromatic heterocycles. The zero-order chi connectivity index (χ0) is 15.0. The van der Waals surface area contributed by atoms with Crippen LogP contribution in [0.3, 0.4) is 0 Å². The first-order valence-electron chi connectivity index (χ1n) is 7.00. The monoisotopic (exact) mass is 305 g/mol. The van der Waals surface area contributed by atoms with Gasteiger partial charge in [-0.1, -0.05) is 17.7 Å². The molecule has 6 heteroatoms. The average molecular weight is 305 g/mol. The van der Waals surface area contributed by atoms with Crippen molar-refractivity contribution in [1.29, 1.82) is 0 Å². The molecule has 1 fully saturated rings. The molecule has 3 N–H and O–H groups in total. The van der Waals surface area contributed by atoms with Crippen LogP contribution in [0.25, 0.3) is 0 Å². The minimum absolute atomic E-state index is 0.274. The van der Waals surface area contributed by atoms with Gasteiger partial charge in [-0.15, -0.1) is 0 Å². The summed E-state index contributed by atoms with van der Waals surface area (Å²) < 4.78 is 29.5. The molecule has 1 heterocycles. The van der Waals surface area contributed by atoms with E-state index in [9.17, 15) is 8.42 Å². The smallest absolute Gasteiger partial charge is 0.263 e. The lowest BCUT2D eigenvalue weighted by Crippen LogP contribution is -2.12. The maximum atomic E-state index is 12.4. The van der Waals surface area contributed by atoms with E-state index in [2.05, 4.69) is 4.72 Å². The molecule has 0 unspecified atom stereocenters. The maximum absolute atomic E-state index is 12.4. The first kappa shape index (κ1) is 14.2. The molecule has 21 heavy (non-hydrogen) atoms. The third-order valence-electron chi connectivity index (χ3n) is 3.67. The Morgan fingerprint density at radius 3 is 2.52 bits per heavy atom. The van der Waals surface area contributed by atoms with Crippen LogP contribution in [0.5, 0.6) is 0 Å². The van der Waals surface area contributed by atoms with Crippen LogP contribution >= 0.6 is 0 Å². The molecule has 1 saturated carbocycles. The number of nitrogens with two attached hydrogens (primary N) is 1. The largest absolute Gasteiger partial charge is 0.346 e. The van der Waals surface area contributed by atoms with E-state index in [0.29, 0.717) is 18.3 Å². The third kappa shape index (κ3) is 2.96. The van der Waals surface area contributed by atoms with Gasteiger partial charge in [0.05, 0.1) is 0 Å². The van der Waals surface area contributed by atoms with Gasteiger partial charge < -0.3 is 10.3 Å². The molecule has 0 radical (unpaired) electrons. The highest BCUT2D eigenvalue weighted by molar-refractivity contribution is 7.92. The van der Waals surface area contributed by atoms with Crippen LogP contribution in [-0.2, 0) is 16.6 Å². The molecule has 0 atom stereocenters. The summed E-state index contributed by atoms with van der Waals surface area (Å²) in [4.78, 5) is 0.274. The molecule has 2 aromatic rings. The summed E-state index contributed by atoms with van der Waals surface area (Å²) in [6.07, 6.45) is 3.87. The van der Waals surface area contributed by atoms with Crippen LogP contribution in [-0.4, -0.2) is 13.0 Å². The Bertz CT molecular complexity index is 744. The molecule has 3 rings (SSSR count). The van der Waals surface area contributed by atoms with Gasteiger partial charge in [0.2, 0.25) is 0 Å². The Morgan fingerprint density at radius 2 is 1.95 bits per heavy atom. The summed E-state index contributed by atoms with van der Waals surface area (Å²) in [5, 5.41) is 0. The molecule has 112 valence electrons. The molecule has 1 aliphatic carbocycles. The Kier molecular flexibility index (Phi) is 3.51. The minimum atomic E-state index is -3.57. The van der Waals surface area contributed by atoms with Gasteiger partial charge in [-0.05, 0) is 38.0 Å². The summed E-state index contributed by atoms with van der Waals surface area (Å²) in [5.41, 5.74) is 8.22. The van der Waals surface area contributed by atoms with Crippen molar-refractivity contribution < 1.29 is 8.42 Å². The van der Waals surface area contributed by atoms with Gasteiger partial charge >= 0.3 is 0 Å². The summed E-state index contributed by atoms with van der Waals surface area (Å²) in [7, 11) is -3.57. The van der Waals surface area contributed by atoms with E-state index < -0.39 is 10.0 Å². The van der Waals surface area contributed by atoms with Crippen LogP contribution in [0.2, 0.25) is 0 Å². The van der Waals surface area contributed by atoms with E-state index in [0.717, 1.165) is 24.1 Å². The molecule has 0 amide bonds. The zero-order valence-electron chi connectivity index (χ0n) is 11.9. The van der Waals surface area contributed by atoms with E-state index in [1.54, 1.807) is 24.4 Å². The van der Waals surface area contributed by atoms with Crippen LogP contribution in [0.15, 0.2) is 41.4 Å². The molecule has 5 nitrogen and oxygen atoms in total. The molecule has 0 aliphatic heterocycles.